The molecule has 4 saturated carbocycles. The Kier molecular flexibility index (Phi) is 3.71. The van der Waals surface area contributed by atoms with Gasteiger partial charge in [-0.2, -0.15) is 0 Å². The molecule has 7 heteroatoms. The van der Waals surface area contributed by atoms with Gasteiger partial charge in [0.2, 0.25) is 11.9 Å². The number of carbonyl (C=O) groups excluding carboxylic acids is 1. The molecule has 1 saturated heterocycles. The van der Waals surface area contributed by atoms with Crippen molar-refractivity contribution in [2.24, 2.45) is 29.6 Å². The van der Waals surface area contributed by atoms with Crippen LogP contribution in [0, 0.1) is 29.6 Å². The minimum absolute atomic E-state index is 0.0417. The van der Waals surface area contributed by atoms with Gasteiger partial charge in [0.1, 0.15) is 0 Å². The Morgan fingerprint density at radius 2 is 1.88 bits per heavy atom. The zero-order valence-corrected chi connectivity index (χ0v) is 15.0. The maximum atomic E-state index is 11.3. The molecule has 4 aliphatic carbocycles. The van der Waals surface area contributed by atoms with Crippen molar-refractivity contribution in [3.05, 3.63) is 0 Å². The van der Waals surface area contributed by atoms with E-state index in [2.05, 4.69) is 25.7 Å². The van der Waals surface area contributed by atoms with E-state index in [-0.39, 0.29) is 11.9 Å². The average Bonchev–Trinajstić information content (AvgIpc) is 3.18. The number of tetrazole rings is 1. The van der Waals surface area contributed by atoms with E-state index in [0.29, 0.717) is 0 Å². The van der Waals surface area contributed by atoms with Gasteiger partial charge in [-0.05, 0) is 78.5 Å². The van der Waals surface area contributed by atoms with Gasteiger partial charge >= 0.3 is 0 Å². The Morgan fingerprint density at radius 3 is 2.56 bits per heavy atom. The lowest BCUT2D eigenvalue weighted by Gasteiger charge is -2.54. The minimum Gasteiger partial charge on any atom is -0.352 e. The molecule has 1 aromatic rings. The van der Waals surface area contributed by atoms with Crippen molar-refractivity contribution in [1.82, 2.24) is 25.5 Å². The van der Waals surface area contributed by atoms with Crippen LogP contribution in [-0.2, 0) is 11.3 Å². The summed E-state index contributed by atoms with van der Waals surface area (Å²) in [4.78, 5) is 13.5. The largest absolute Gasteiger partial charge is 0.352 e. The molecule has 136 valence electrons. The second-order valence-corrected chi connectivity index (χ2v) is 8.89. The molecule has 5 aliphatic rings. The first kappa shape index (κ1) is 15.6. The first-order chi connectivity index (χ1) is 12.2. The summed E-state index contributed by atoms with van der Waals surface area (Å²) in [5.41, 5.74) is 0. The average molecular weight is 344 g/mol. The second kappa shape index (κ2) is 5.95. The van der Waals surface area contributed by atoms with Gasteiger partial charge in [-0.1, -0.05) is 5.10 Å². The Hall–Kier alpha value is -1.66. The molecule has 0 spiro atoms. The fraction of sp³-hybridized carbons (Fsp3) is 0.889. The highest BCUT2D eigenvalue weighted by atomic mass is 16.1. The Morgan fingerprint density at radius 1 is 1.16 bits per heavy atom. The van der Waals surface area contributed by atoms with E-state index in [9.17, 15) is 4.79 Å². The summed E-state index contributed by atoms with van der Waals surface area (Å²) in [5, 5.41) is 15.6. The van der Waals surface area contributed by atoms with Gasteiger partial charge in [-0.3, -0.25) is 4.79 Å². The van der Waals surface area contributed by atoms with Gasteiger partial charge in [0.05, 0.1) is 0 Å². The summed E-state index contributed by atoms with van der Waals surface area (Å²) in [6.07, 6.45) is 8.19. The monoisotopic (exact) mass is 344 g/mol. The predicted octanol–water partition coefficient (Wildman–Crippen LogP) is 1.46. The third kappa shape index (κ3) is 2.81. The number of hydrogen-bond acceptors (Lipinski definition) is 5. The molecular weight excluding hydrogens is 316 g/mol. The standard InChI is InChI=1S/C18H28N6O/c1-11(25)19-16-2-3-23(9-16)18-20-21-22-24(18)10-17-14-5-12-4-13(7-14)8-15(17)6-12/h12-17H,2-10H2,1H3,(H,19,25). The van der Waals surface area contributed by atoms with Crippen LogP contribution in [0.25, 0.3) is 0 Å². The highest BCUT2D eigenvalue weighted by Gasteiger charge is 2.48. The zero-order chi connectivity index (χ0) is 17.0. The van der Waals surface area contributed by atoms with E-state index in [0.717, 1.165) is 61.6 Å². The number of hydrogen-bond donors (Lipinski definition) is 1. The highest BCUT2D eigenvalue weighted by Crippen LogP contribution is 2.56. The third-order valence-corrected chi connectivity index (χ3v) is 7.20. The summed E-state index contributed by atoms with van der Waals surface area (Å²) in [6.45, 7) is 4.27. The summed E-state index contributed by atoms with van der Waals surface area (Å²) in [7, 11) is 0. The van der Waals surface area contributed by atoms with Crippen molar-refractivity contribution < 1.29 is 4.79 Å². The molecule has 25 heavy (non-hydrogen) atoms. The Bertz CT molecular complexity index is 630. The van der Waals surface area contributed by atoms with Gasteiger partial charge in [0, 0.05) is 32.6 Å². The molecule has 0 radical (unpaired) electrons. The van der Waals surface area contributed by atoms with Gasteiger partial charge in [-0.15, -0.1) is 0 Å². The Labute approximate surface area is 148 Å². The summed E-state index contributed by atoms with van der Waals surface area (Å²) in [5.74, 6) is 5.47. The van der Waals surface area contributed by atoms with Crippen LogP contribution in [0.3, 0.4) is 0 Å². The van der Waals surface area contributed by atoms with E-state index in [1.54, 1.807) is 6.92 Å². The van der Waals surface area contributed by atoms with Gasteiger partial charge in [0.25, 0.3) is 0 Å². The lowest BCUT2D eigenvalue weighted by atomic mass is 9.52. The molecule has 6 rings (SSSR count). The number of rotatable bonds is 4. The second-order valence-electron chi connectivity index (χ2n) is 8.89. The van der Waals surface area contributed by atoms with Crippen molar-refractivity contribution >= 4 is 11.9 Å². The predicted molar refractivity (Wildman–Crippen MR) is 92.8 cm³/mol. The molecule has 2 heterocycles. The summed E-state index contributed by atoms with van der Waals surface area (Å²) < 4.78 is 2.04. The molecule has 7 nitrogen and oxygen atoms in total. The smallest absolute Gasteiger partial charge is 0.245 e. The van der Waals surface area contributed by atoms with Crippen LogP contribution in [-0.4, -0.2) is 45.2 Å². The molecule has 4 bridgehead atoms. The topological polar surface area (TPSA) is 75.9 Å². The number of nitrogens with one attached hydrogen (secondary N) is 1. The molecule has 1 aromatic heterocycles. The number of amides is 1. The van der Waals surface area contributed by atoms with Gasteiger partial charge in [0.15, 0.2) is 0 Å². The molecule has 1 amide bonds. The SMILES string of the molecule is CC(=O)NC1CCN(c2nnnn2CC2C3CC4CC(C3)CC2C4)C1. The normalized spacial score (nSPS) is 39.2. The highest BCUT2D eigenvalue weighted by molar-refractivity contribution is 5.73. The van der Waals surface area contributed by atoms with Crippen molar-refractivity contribution in [2.75, 3.05) is 18.0 Å². The molecule has 1 unspecified atom stereocenters. The van der Waals surface area contributed by atoms with Crippen LogP contribution in [0.1, 0.15) is 45.4 Å². The fourth-order valence-corrected chi connectivity index (χ4v) is 6.43. The van der Waals surface area contributed by atoms with E-state index >= 15 is 0 Å². The van der Waals surface area contributed by atoms with Crippen molar-refractivity contribution in [3.8, 4) is 0 Å². The van der Waals surface area contributed by atoms with Crippen molar-refractivity contribution in [3.63, 3.8) is 0 Å². The zero-order valence-electron chi connectivity index (χ0n) is 15.0. The fourth-order valence-electron chi connectivity index (χ4n) is 6.43. The lowest BCUT2D eigenvalue weighted by Crippen LogP contribution is -2.46. The van der Waals surface area contributed by atoms with Crippen LogP contribution >= 0.6 is 0 Å². The third-order valence-electron chi connectivity index (χ3n) is 7.20. The van der Waals surface area contributed by atoms with Gasteiger partial charge < -0.3 is 10.2 Å². The summed E-state index contributed by atoms with van der Waals surface area (Å²) in [6, 6.07) is 0.212. The molecule has 5 fully saturated rings. The molecule has 1 atom stereocenters. The Balaban J connectivity index is 1.29. The quantitative estimate of drug-likeness (QED) is 0.895. The molecule has 1 aliphatic heterocycles. The van der Waals surface area contributed by atoms with Crippen LogP contribution in [0.4, 0.5) is 5.95 Å². The van der Waals surface area contributed by atoms with Crippen LogP contribution in [0.2, 0.25) is 0 Å². The summed E-state index contributed by atoms with van der Waals surface area (Å²) >= 11 is 0. The number of aromatic nitrogens is 4. The molecular formula is C18H28N6O. The maximum absolute atomic E-state index is 11.3. The van der Waals surface area contributed by atoms with Crippen LogP contribution in [0.5, 0.6) is 0 Å². The maximum Gasteiger partial charge on any atom is 0.245 e. The van der Waals surface area contributed by atoms with Crippen molar-refractivity contribution in [1.29, 1.82) is 0 Å². The lowest BCUT2D eigenvalue weighted by molar-refractivity contribution is -0.119. The van der Waals surface area contributed by atoms with E-state index < -0.39 is 0 Å². The molecule has 1 N–H and O–H groups in total. The van der Waals surface area contributed by atoms with E-state index in [1.807, 2.05) is 4.68 Å². The first-order valence-electron chi connectivity index (χ1n) is 9.94. The first-order valence-corrected chi connectivity index (χ1v) is 9.94. The van der Waals surface area contributed by atoms with Crippen LogP contribution in [0.15, 0.2) is 0 Å². The van der Waals surface area contributed by atoms with Crippen molar-refractivity contribution in [2.45, 2.75) is 58.0 Å². The molecule has 0 aromatic carbocycles. The van der Waals surface area contributed by atoms with Gasteiger partial charge in [-0.25, -0.2) is 4.68 Å². The van der Waals surface area contributed by atoms with E-state index in [4.69, 9.17) is 0 Å². The number of anilines is 1. The van der Waals surface area contributed by atoms with E-state index in [1.165, 1.54) is 32.1 Å². The van der Waals surface area contributed by atoms with Crippen LogP contribution < -0.4 is 10.2 Å². The number of nitrogens with zero attached hydrogens (tertiary/aromatic N) is 5. The minimum atomic E-state index is 0.0417. The number of carbonyl (C=O) groups is 1.